The Kier molecular flexibility index (Phi) is 4.31. The zero-order valence-electron chi connectivity index (χ0n) is 10.3. The Labute approximate surface area is 110 Å². The van der Waals surface area contributed by atoms with Gasteiger partial charge in [-0.2, -0.15) is 0 Å². The topological polar surface area (TPSA) is 87.0 Å². The fourth-order valence-corrected chi connectivity index (χ4v) is 2.12. The zero-order valence-corrected chi connectivity index (χ0v) is 10.3. The molecule has 0 radical (unpaired) electrons. The molecule has 1 saturated heterocycles. The highest BCUT2D eigenvalue weighted by Crippen LogP contribution is 2.33. The molecule has 1 fully saturated rings. The normalized spacial score (nSPS) is 23.3. The number of aliphatic carboxylic acids is 1. The third-order valence-corrected chi connectivity index (χ3v) is 3.11. The predicted molar refractivity (Wildman–Crippen MR) is 68.2 cm³/mol. The highest BCUT2D eigenvalue weighted by Gasteiger charge is 2.30. The molecule has 19 heavy (non-hydrogen) atoms. The van der Waals surface area contributed by atoms with Crippen LogP contribution in [0.25, 0.3) is 6.08 Å². The molecule has 1 aromatic rings. The molecule has 5 heteroatoms. The van der Waals surface area contributed by atoms with Crippen molar-refractivity contribution >= 4 is 12.0 Å². The van der Waals surface area contributed by atoms with Crippen molar-refractivity contribution in [2.24, 2.45) is 0 Å². The maximum atomic E-state index is 10.4. The first-order valence-corrected chi connectivity index (χ1v) is 6.09. The van der Waals surface area contributed by atoms with Crippen LogP contribution in [-0.2, 0) is 9.53 Å². The summed E-state index contributed by atoms with van der Waals surface area (Å²) in [5.74, 6) is -0.983. The second-order valence-corrected chi connectivity index (χ2v) is 4.49. The molecule has 0 aromatic heterocycles. The maximum Gasteiger partial charge on any atom is 0.328 e. The van der Waals surface area contributed by atoms with Crippen LogP contribution in [0.1, 0.15) is 30.1 Å². The number of aliphatic hydroxyl groups excluding tert-OH is 1. The lowest BCUT2D eigenvalue weighted by molar-refractivity contribution is -0.140. The fraction of sp³-hybridized carbons (Fsp3) is 0.357. The summed E-state index contributed by atoms with van der Waals surface area (Å²) < 4.78 is 5.53. The number of hydrogen-bond donors (Lipinski definition) is 3. The largest absolute Gasteiger partial charge is 0.478 e. The fourth-order valence-electron chi connectivity index (χ4n) is 2.12. The third-order valence-electron chi connectivity index (χ3n) is 3.11. The van der Waals surface area contributed by atoms with Crippen LogP contribution in [0, 0.1) is 0 Å². The molecule has 1 heterocycles. The molecular formula is C14H16O5. The van der Waals surface area contributed by atoms with Crippen molar-refractivity contribution < 1.29 is 24.9 Å². The van der Waals surface area contributed by atoms with Gasteiger partial charge in [0, 0.05) is 6.08 Å². The maximum absolute atomic E-state index is 10.4. The van der Waals surface area contributed by atoms with Crippen LogP contribution in [0.3, 0.4) is 0 Å². The van der Waals surface area contributed by atoms with E-state index in [9.17, 15) is 4.79 Å². The van der Waals surface area contributed by atoms with Gasteiger partial charge in [0.15, 0.2) is 6.29 Å². The number of carboxylic acid groups (broad SMARTS) is 1. The summed E-state index contributed by atoms with van der Waals surface area (Å²) >= 11 is 0. The monoisotopic (exact) mass is 264 g/mol. The average Bonchev–Trinajstić information content (AvgIpc) is 2.86. The van der Waals surface area contributed by atoms with Gasteiger partial charge in [0.25, 0.3) is 0 Å². The summed E-state index contributed by atoms with van der Waals surface area (Å²) in [6, 6.07) is 7.33. The quantitative estimate of drug-likeness (QED) is 0.564. The van der Waals surface area contributed by atoms with Gasteiger partial charge in [0.1, 0.15) is 6.10 Å². The summed E-state index contributed by atoms with van der Waals surface area (Å²) in [6.45, 7) is 0. The minimum Gasteiger partial charge on any atom is -0.478 e. The van der Waals surface area contributed by atoms with Gasteiger partial charge in [0.05, 0.1) is 6.10 Å². The van der Waals surface area contributed by atoms with Crippen LogP contribution >= 0.6 is 0 Å². The SMILES string of the molecule is O=C(O)C=Cc1ccc(C2CCC(C(O)O)O2)cc1. The smallest absolute Gasteiger partial charge is 0.328 e. The minimum atomic E-state index is -1.44. The summed E-state index contributed by atoms with van der Waals surface area (Å²) in [6.07, 6.45) is 1.85. The number of carboxylic acids is 1. The van der Waals surface area contributed by atoms with Gasteiger partial charge in [-0.1, -0.05) is 24.3 Å². The third kappa shape index (κ3) is 3.64. The van der Waals surface area contributed by atoms with Gasteiger partial charge in [-0.25, -0.2) is 4.79 Å². The second-order valence-electron chi connectivity index (χ2n) is 4.49. The van der Waals surface area contributed by atoms with E-state index in [1.807, 2.05) is 12.1 Å². The van der Waals surface area contributed by atoms with Crippen LogP contribution in [0.5, 0.6) is 0 Å². The molecule has 0 amide bonds. The van der Waals surface area contributed by atoms with Crippen LogP contribution in [-0.4, -0.2) is 33.7 Å². The highest BCUT2D eigenvalue weighted by molar-refractivity contribution is 5.85. The van der Waals surface area contributed by atoms with E-state index in [2.05, 4.69) is 0 Å². The molecule has 0 bridgehead atoms. The standard InChI is InChI=1S/C14H16O5/c15-13(16)8-3-9-1-4-10(5-2-9)11-6-7-12(19-11)14(17)18/h1-5,8,11-12,14,17-18H,6-7H2,(H,15,16). The molecule has 2 atom stereocenters. The number of carbonyl (C=O) groups is 1. The Morgan fingerprint density at radius 1 is 1.26 bits per heavy atom. The van der Waals surface area contributed by atoms with Crippen LogP contribution in [0.4, 0.5) is 0 Å². The summed E-state index contributed by atoms with van der Waals surface area (Å²) in [5, 5.41) is 26.6. The second kappa shape index (κ2) is 5.97. The molecule has 1 aliphatic rings. The Hall–Kier alpha value is -1.69. The van der Waals surface area contributed by atoms with E-state index in [4.69, 9.17) is 20.1 Å². The van der Waals surface area contributed by atoms with Crippen molar-refractivity contribution in [3.63, 3.8) is 0 Å². The van der Waals surface area contributed by atoms with Crippen molar-refractivity contribution in [1.82, 2.24) is 0 Å². The van der Waals surface area contributed by atoms with Crippen molar-refractivity contribution in [2.45, 2.75) is 31.3 Å². The van der Waals surface area contributed by atoms with Crippen LogP contribution in [0.2, 0.25) is 0 Å². The molecular weight excluding hydrogens is 248 g/mol. The lowest BCUT2D eigenvalue weighted by Gasteiger charge is -2.15. The van der Waals surface area contributed by atoms with Gasteiger partial charge < -0.3 is 20.1 Å². The molecule has 1 aromatic carbocycles. The van der Waals surface area contributed by atoms with Crippen molar-refractivity contribution in [3.05, 3.63) is 41.5 Å². The zero-order chi connectivity index (χ0) is 13.8. The van der Waals surface area contributed by atoms with E-state index in [1.165, 1.54) is 6.08 Å². The molecule has 2 rings (SSSR count). The molecule has 3 N–H and O–H groups in total. The van der Waals surface area contributed by atoms with E-state index < -0.39 is 18.4 Å². The van der Waals surface area contributed by atoms with Gasteiger partial charge >= 0.3 is 5.97 Å². The Balaban J connectivity index is 2.01. The van der Waals surface area contributed by atoms with E-state index in [0.717, 1.165) is 23.6 Å². The van der Waals surface area contributed by atoms with Crippen molar-refractivity contribution in [3.8, 4) is 0 Å². The minimum absolute atomic E-state index is 0.135. The number of rotatable bonds is 4. The Bertz CT molecular complexity index is 463. The van der Waals surface area contributed by atoms with Crippen LogP contribution in [0.15, 0.2) is 30.3 Å². The van der Waals surface area contributed by atoms with E-state index in [-0.39, 0.29) is 6.10 Å². The van der Waals surface area contributed by atoms with Gasteiger partial charge in [-0.05, 0) is 30.0 Å². The number of hydrogen-bond acceptors (Lipinski definition) is 4. The highest BCUT2D eigenvalue weighted by atomic mass is 16.6. The van der Waals surface area contributed by atoms with Gasteiger partial charge in [-0.3, -0.25) is 0 Å². The lowest BCUT2D eigenvalue weighted by Crippen LogP contribution is -2.24. The molecule has 0 spiro atoms. The molecule has 0 aliphatic carbocycles. The van der Waals surface area contributed by atoms with E-state index >= 15 is 0 Å². The molecule has 2 unspecified atom stereocenters. The number of benzene rings is 1. The average molecular weight is 264 g/mol. The number of ether oxygens (including phenoxy) is 1. The first-order valence-electron chi connectivity index (χ1n) is 6.09. The van der Waals surface area contributed by atoms with Crippen LogP contribution < -0.4 is 0 Å². The lowest BCUT2D eigenvalue weighted by atomic mass is 10.0. The van der Waals surface area contributed by atoms with E-state index in [0.29, 0.717) is 6.42 Å². The predicted octanol–water partition coefficient (Wildman–Crippen LogP) is 1.32. The van der Waals surface area contributed by atoms with Gasteiger partial charge in [-0.15, -0.1) is 0 Å². The summed E-state index contributed by atoms with van der Waals surface area (Å²) in [5.41, 5.74) is 1.75. The molecule has 0 saturated carbocycles. The molecule has 102 valence electrons. The Morgan fingerprint density at radius 3 is 2.47 bits per heavy atom. The molecule has 5 nitrogen and oxygen atoms in total. The first kappa shape index (κ1) is 13.7. The Morgan fingerprint density at radius 2 is 1.95 bits per heavy atom. The van der Waals surface area contributed by atoms with Crippen molar-refractivity contribution in [1.29, 1.82) is 0 Å². The molecule has 1 aliphatic heterocycles. The van der Waals surface area contributed by atoms with E-state index in [1.54, 1.807) is 12.1 Å². The summed E-state index contributed by atoms with van der Waals surface area (Å²) in [4.78, 5) is 10.4. The summed E-state index contributed by atoms with van der Waals surface area (Å²) in [7, 11) is 0. The van der Waals surface area contributed by atoms with Crippen molar-refractivity contribution in [2.75, 3.05) is 0 Å². The number of aliphatic hydroxyl groups is 2. The first-order chi connectivity index (χ1) is 9.06. The van der Waals surface area contributed by atoms with Gasteiger partial charge in [0.2, 0.25) is 0 Å².